The summed E-state index contributed by atoms with van der Waals surface area (Å²) in [6, 6.07) is 0. The van der Waals surface area contributed by atoms with Gasteiger partial charge in [-0.2, -0.15) is 0 Å². The first-order valence-electron chi connectivity index (χ1n) is 6.76. The third-order valence-electron chi connectivity index (χ3n) is 3.19. The van der Waals surface area contributed by atoms with Crippen molar-refractivity contribution in [3.63, 3.8) is 0 Å². The quantitative estimate of drug-likeness (QED) is 0.480. The summed E-state index contributed by atoms with van der Waals surface area (Å²) >= 11 is 2.94. The van der Waals surface area contributed by atoms with Gasteiger partial charge in [-0.05, 0) is 19.8 Å². The van der Waals surface area contributed by atoms with Crippen LogP contribution in [0.1, 0.15) is 27.7 Å². The molecule has 1 rings (SSSR count). The van der Waals surface area contributed by atoms with Gasteiger partial charge in [-0.3, -0.25) is 0 Å². The van der Waals surface area contributed by atoms with Gasteiger partial charge in [0.15, 0.2) is 0 Å². The molecule has 0 spiro atoms. The van der Waals surface area contributed by atoms with Crippen LogP contribution < -0.4 is 0 Å². The van der Waals surface area contributed by atoms with E-state index in [9.17, 15) is 10.2 Å². The first-order valence-corrected chi connectivity index (χ1v) is 8.90. The summed E-state index contributed by atoms with van der Waals surface area (Å²) in [5.41, 5.74) is 0. The minimum atomic E-state index is -0.943. The maximum absolute atomic E-state index is 10.2. The highest BCUT2D eigenvalue weighted by Gasteiger charge is 2.42. The summed E-state index contributed by atoms with van der Waals surface area (Å²) < 4.78 is 11.5. The highest BCUT2D eigenvalue weighted by Crippen LogP contribution is 2.33. The number of thioether (sulfide) groups is 2. The van der Waals surface area contributed by atoms with Gasteiger partial charge < -0.3 is 24.8 Å². The Morgan fingerprint density at radius 2 is 1.95 bits per heavy atom. The predicted octanol–water partition coefficient (Wildman–Crippen LogP) is 1.26. The lowest BCUT2D eigenvalue weighted by atomic mass is 9.92. The third kappa shape index (κ3) is 5.36. The second kappa shape index (κ2) is 8.22. The summed E-state index contributed by atoms with van der Waals surface area (Å²) in [4.78, 5) is -0.512. The van der Waals surface area contributed by atoms with Crippen LogP contribution in [-0.4, -0.2) is 62.3 Å². The fourth-order valence-corrected chi connectivity index (χ4v) is 4.09. The topological polar surface area (TPSA) is 79.2 Å². The van der Waals surface area contributed by atoms with E-state index in [1.807, 2.05) is 27.7 Å². The highest BCUT2D eigenvalue weighted by atomic mass is 32.2. The third-order valence-corrected chi connectivity index (χ3v) is 5.31. The van der Waals surface area contributed by atoms with Crippen molar-refractivity contribution in [2.75, 3.05) is 17.6 Å². The van der Waals surface area contributed by atoms with Crippen LogP contribution in [0, 0.1) is 5.92 Å². The van der Waals surface area contributed by atoms with E-state index in [0.717, 1.165) is 0 Å². The summed E-state index contributed by atoms with van der Waals surface area (Å²) in [6.07, 6.45) is -2.77. The van der Waals surface area contributed by atoms with Crippen LogP contribution in [0.5, 0.6) is 0 Å². The molecule has 1 fully saturated rings. The van der Waals surface area contributed by atoms with Crippen LogP contribution >= 0.6 is 23.5 Å². The zero-order valence-electron chi connectivity index (χ0n) is 12.5. The molecule has 1 aliphatic rings. The number of rotatable bonds is 7. The molecule has 0 amide bonds. The smallest absolute Gasteiger partial charge is 0.111 e. The molecule has 1 saturated heterocycles. The molecule has 1 heterocycles. The minimum absolute atomic E-state index is 0.0764. The van der Waals surface area contributed by atoms with Crippen molar-refractivity contribution < 1.29 is 24.8 Å². The summed E-state index contributed by atoms with van der Waals surface area (Å²) in [7, 11) is 0. The Balaban J connectivity index is 2.52. The van der Waals surface area contributed by atoms with E-state index in [-0.39, 0.29) is 24.6 Å². The lowest BCUT2D eigenvalue weighted by Crippen LogP contribution is -2.56. The molecule has 0 saturated carbocycles. The standard InChI is InChI=1S/C13H26O5S2/c1-8(2)12-11(16)10(15)9(5-17-12)18-13(3,4)20-7-19-6-14/h8-12,14-16H,5-7H2,1-4H3/t9-,10+,11+,12+/m1/s1. The molecule has 0 unspecified atom stereocenters. The van der Waals surface area contributed by atoms with E-state index in [0.29, 0.717) is 5.08 Å². The average molecular weight is 326 g/mol. The van der Waals surface area contributed by atoms with Crippen molar-refractivity contribution in [1.29, 1.82) is 0 Å². The molecule has 20 heavy (non-hydrogen) atoms. The van der Waals surface area contributed by atoms with Gasteiger partial charge in [0.1, 0.15) is 23.2 Å². The molecule has 4 atom stereocenters. The number of hydrogen-bond acceptors (Lipinski definition) is 7. The van der Waals surface area contributed by atoms with Crippen molar-refractivity contribution in [1.82, 2.24) is 0 Å². The summed E-state index contributed by atoms with van der Waals surface area (Å²) in [6.45, 7) is 7.99. The Kier molecular flexibility index (Phi) is 7.62. The average Bonchev–Trinajstić information content (AvgIpc) is 2.34. The molecule has 0 aliphatic carbocycles. The molecule has 7 heteroatoms. The van der Waals surface area contributed by atoms with Crippen molar-refractivity contribution in [3.8, 4) is 0 Å². The minimum Gasteiger partial charge on any atom is -0.388 e. The molecule has 0 bridgehead atoms. The van der Waals surface area contributed by atoms with E-state index in [4.69, 9.17) is 14.6 Å². The number of hydrogen-bond donors (Lipinski definition) is 3. The highest BCUT2D eigenvalue weighted by molar-refractivity contribution is 8.16. The lowest BCUT2D eigenvalue weighted by molar-refractivity contribution is -0.222. The Labute approximate surface area is 129 Å². The van der Waals surface area contributed by atoms with Crippen LogP contribution in [0.4, 0.5) is 0 Å². The Hall–Kier alpha value is 0.500. The molecule has 0 aromatic rings. The fraction of sp³-hybridized carbons (Fsp3) is 1.00. The van der Waals surface area contributed by atoms with E-state index >= 15 is 0 Å². The fourth-order valence-electron chi connectivity index (χ4n) is 2.13. The van der Waals surface area contributed by atoms with Crippen LogP contribution in [0.25, 0.3) is 0 Å². The first-order chi connectivity index (χ1) is 9.28. The lowest BCUT2D eigenvalue weighted by Gasteiger charge is -2.42. The zero-order valence-corrected chi connectivity index (χ0v) is 14.1. The molecular weight excluding hydrogens is 300 g/mol. The molecule has 5 nitrogen and oxygen atoms in total. The number of ether oxygens (including phenoxy) is 2. The normalized spacial score (nSPS) is 31.8. The predicted molar refractivity (Wildman–Crippen MR) is 82.7 cm³/mol. The zero-order chi connectivity index (χ0) is 15.3. The van der Waals surface area contributed by atoms with Gasteiger partial charge in [0.2, 0.25) is 0 Å². The van der Waals surface area contributed by atoms with Gasteiger partial charge in [-0.15, -0.1) is 23.5 Å². The van der Waals surface area contributed by atoms with Gasteiger partial charge in [-0.25, -0.2) is 0 Å². The number of aliphatic hydroxyl groups is 3. The monoisotopic (exact) mass is 326 g/mol. The molecular formula is C13H26O5S2. The second-order valence-corrected chi connectivity index (χ2v) is 8.56. The van der Waals surface area contributed by atoms with Gasteiger partial charge in [0.25, 0.3) is 0 Å². The van der Waals surface area contributed by atoms with Crippen LogP contribution in [-0.2, 0) is 9.47 Å². The second-order valence-electron chi connectivity index (χ2n) is 5.67. The van der Waals surface area contributed by atoms with Crippen molar-refractivity contribution in [3.05, 3.63) is 0 Å². The van der Waals surface area contributed by atoms with Crippen molar-refractivity contribution >= 4 is 23.5 Å². The van der Waals surface area contributed by atoms with Crippen molar-refractivity contribution in [2.45, 2.75) is 57.0 Å². The van der Waals surface area contributed by atoms with Crippen LogP contribution in [0.2, 0.25) is 0 Å². The molecule has 0 aromatic heterocycles. The van der Waals surface area contributed by atoms with E-state index in [1.54, 1.807) is 0 Å². The maximum Gasteiger partial charge on any atom is 0.111 e. The van der Waals surface area contributed by atoms with Crippen molar-refractivity contribution in [2.24, 2.45) is 5.92 Å². The van der Waals surface area contributed by atoms with E-state index < -0.39 is 23.2 Å². The molecule has 0 radical (unpaired) electrons. The van der Waals surface area contributed by atoms with Gasteiger partial charge in [-0.1, -0.05) is 13.8 Å². The van der Waals surface area contributed by atoms with Gasteiger partial charge in [0.05, 0.1) is 18.6 Å². The van der Waals surface area contributed by atoms with Crippen LogP contribution in [0.15, 0.2) is 0 Å². The van der Waals surface area contributed by atoms with Crippen LogP contribution in [0.3, 0.4) is 0 Å². The Bertz CT molecular complexity index is 288. The SMILES string of the molecule is CC(C)[C@@H]1OC[C@@H](OC(C)(C)SCSCO)[C@H](O)[C@@H]1O. The molecule has 3 N–H and O–H groups in total. The van der Waals surface area contributed by atoms with E-state index in [1.165, 1.54) is 23.5 Å². The molecule has 0 aromatic carbocycles. The Morgan fingerprint density at radius 3 is 2.50 bits per heavy atom. The summed E-state index contributed by atoms with van der Waals surface area (Å²) in [5, 5.41) is 29.7. The summed E-state index contributed by atoms with van der Waals surface area (Å²) in [5.74, 6) is 0.219. The van der Waals surface area contributed by atoms with E-state index in [2.05, 4.69) is 0 Å². The van der Waals surface area contributed by atoms with Gasteiger partial charge in [0, 0.05) is 5.08 Å². The number of aliphatic hydroxyl groups excluding tert-OH is 3. The Morgan fingerprint density at radius 1 is 1.30 bits per heavy atom. The molecule has 1 aliphatic heterocycles. The first kappa shape index (κ1) is 18.5. The van der Waals surface area contributed by atoms with Gasteiger partial charge >= 0.3 is 0 Å². The molecule has 120 valence electrons. The maximum atomic E-state index is 10.2. The largest absolute Gasteiger partial charge is 0.388 e.